The number of carbonyl (C=O) groups excluding carboxylic acids is 1. The van der Waals surface area contributed by atoms with E-state index >= 15 is 0 Å². The molecular formula is C28H29F2N5O3. The van der Waals surface area contributed by atoms with Crippen LogP contribution in [0, 0.1) is 17.6 Å². The van der Waals surface area contributed by atoms with Gasteiger partial charge in [-0.1, -0.05) is 12.1 Å². The van der Waals surface area contributed by atoms with Gasteiger partial charge >= 0.3 is 0 Å². The average molecular weight is 522 g/mol. The molecule has 0 radical (unpaired) electrons. The second-order valence-electron chi connectivity index (χ2n) is 10.3. The van der Waals surface area contributed by atoms with Crippen LogP contribution in [0.15, 0.2) is 48.9 Å². The van der Waals surface area contributed by atoms with Gasteiger partial charge in [-0.25, -0.2) is 8.78 Å². The van der Waals surface area contributed by atoms with Gasteiger partial charge in [-0.15, -0.1) is 0 Å². The number of halogens is 2. The first-order valence-corrected chi connectivity index (χ1v) is 13.0. The molecule has 1 saturated carbocycles. The Hall–Kier alpha value is -3.79. The number of carbonyl (C=O) groups is 1. The van der Waals surface area contributed by atoms with E-state index in [2.05, 4.69) is 45.7 Å². The highest BCUT2D eigenvalue weighted by atomic mass is 19.1. The molecule has 38 heavy (non-hydrogen) atoms. The van der Waals surface area contributed by atoms with Crippen molar-refractivity contribution in [2.75, 3.05) is 19.8 Å². The zero-order chi connectivity index (χ0) is 26.2. The Labute approximate surface area is 218 Å². The Bertz CT molecular complexity index is 1450. The molecule has 1 aliphatic heterocycles. The summed E-state index contributed by atoms with van der Waals surface area (Å²) in [7, 11) is 0. The molecule has 6 rings (SSSR count). The summed E-state index contributed by atoms with van der Waals surface area (Å²) < 4.78 is 36.6. The summed E-state index contributed by atoms with van der Waals surface area (Å²) in [6, 6.07) is 8.57. The molecule has 2 N–H and O–H groups in total. The molecule has 1 unspecified atom stereocenters. The van der Waals surface area contributed by atoms with Gasteiger partial charge in [-0.05, 0) is 61.8 Å². The van der Waals surface area contributed by atoms with Crippen molar-refractivity contribution < 1.29 is 23.4 Å². The fourth-order valence-electron chi connectivity index (χ4n) is 5.47. The van der Waals surface area contributed by atoms with E-state index in [9.17, 15) is 18.7 Å². The van der Waals surface area contributed by atoms with Crippen molar-refractivity contribution in [3.05, 3.63) is 66.1 Å². The third-order valence-electron chi connectivity index (χ3n) is 7.76. The predicted octanol–water partition coefficient (Wildman–Crippen LogP) is 5.01. The molecule has 2 aromatic carbocycles. The molecule has 10 heteroatoms. The Morgan fingerprint density at radius 2 is 1.79 bits per heavy atom. The summed E-state index contributed by atoms with van der Waals surface area (Å²) in [5, 5.41) is 22.5. The number of benzene rings is 2. The van der Waals surface area contributed by atoms with E-state index in [-0.39, 0.29) is 17.5 Å². The zero-order valence-corrected chi connectivity index (χ0v) is 20.8. The number of hydrogen-bond acceptors (Lipinski definition) is 5. The van der Waals surface area contributed by atoms with Gasteiger partial charge in [0.05, 0.1) is 30.4 Å². The van der Waals surface area contributed by atoms with Crippen molar-refractivity contribution in [2.45, 2.75) is 44.2 Å². The summed E-state index contributed by atoms with van der Waals surface area (Å²) in [5.41, 5.74) is 2.95. The number of aromatic hydroxyl groups is 1. The lowest BCUT2D eigenvalue weighted by atomic mass is 9.86. The summed E-state index contributed by atoms with van der Waals surface area (Å²) in [4.78, 5) is 12.3. The molecule has 1 aliphatic carbocycles. The van der Waals surface area contributed by atoms with Crippen molar-refractivity contribution in [3.8, 4) is 16.9 Å². The third-order valence-corrected chi connectivity index (χ3v) is 7.76. The van der Waals surface area contributed by atoms with Gasteiger partial charge in [-0.3, -0.25) is 14.2 Å². The van der Waals surface area contributed by atoms with Crippen LogP contribution in [0.5, 0.6) is 5.75 Å². The molecule has 2 fully saturated rings. The topological polar surface area (TPSA) is 94.2 Å². The van der Waals surface area contributed by atoms with E-state index in [1.807, 2.05) is 10.9 Å². The molecule has 4 aromatic rings. The molecule has 2 aromatic heterocycles. The number of aromatic nitrogens is 4. The largest absolute Gasteiger partial charge is 0.503 e. The highest BCUT2D eigenvalue weighted by Crippen LogP contribution is 2.33. The lowest BCUT2D eigenvalue weighted by molar-refractivity contribution is 0.0940. The quantitative estimate of drug-likeness (QED) is 0.372. The van der Waals surface area contributed by atoms with Gasteiger partial charge in [0, 0.05) is 42.1 Å². The fourth-order valence-corrected chi connectivity index (χ4v) is 5.47. The van der Waals surface area contributed by atoms with Crippen molar-refractivity contribution in [1.82, 2.24) is 24.9 Å². The summed E-state index contributed by atoms with van der Waals surface area (Å²) in [6.07, 6.45) is 10.7. The fraction of sp³-hybridized carbons (Fsp3) is 0.393. The predicted molar refractivity (Wildman–Crippen MR) is 137 cm³/mol. The van der Waals surface area contributed by atoms with Crippen molar-refractivity contribution in [3.63, 3.8) is 0 Å². The second-order valence-corrected chi connectivity index (χ2v) is 10.3. The van der Waals surface area contributed by atoms with Gasteiger partial charge in [0.25, 0.3) is 5.91 Å². The molecule has 198 valence electrons. The molecule has 3 heterocycles. The third kappa shape index (κ3) is 4.88. The number of phenols is 1. The Morgan fingerprint density at radius 3 is 2.53 bits per heavy atom. The van der Waals surface area contributed by atoms with Gasteiger partial charge in [0.1, 0.15) is 0 Å². The van der Waals surface area contributed by atoms with Gasteiger partial charge in [0.2, 0.25) is 0 Å². The van der Waals surface area contributed by atoms with Crippen LogP contribution < -0.4 is 5.32 Å². The van der Waals surface area contributed by atoms with Gasteiger partial charge in [-0.2, -0.15) is 10.2 Å². The Morgan fingerprint density at radius 1 is 1.00 bits per heavy atom. The van der Waals surface area contributed by atoms with E-state index in [4.69, 9.17) is 9.84 Å². The number of rotatable bonds is 6. The minimum Gasteiger partial charge on any atom is -0.503 e. The molecule has 8 nitrogen and oxygen atoms in total. The highest BCUT2D eigenvalue weighted by Gasteiger charge is 2.24. The molecule has 1 saturated heterocycles. The van der Waals surface area contributed by atoms with Crippen LogP contribution in [-0.4, -0.2) is 50.3 Å². The summed E-state index contributed by atoms with van der Waals surface area (Å²) in [6.45, 7) is 1.92. The first kappa shape index (κ1) is 24.5. The molecule has 2 aliphatic rings. The average Bonchev–Trinajstić information content (AvgIpc) is 3.70. The SMILES string of the molecule is O=C(NCC1CCC(n2cc3ccc(-c4cnn(C5CCOC5)c4)cc3n2)CC1)c1cc(F)c(O)c(F)c1. The smallest absolute Gasteiger partial charge is 0.251 e. The maximum absolute atomic E-state index is 13.6. The maximum Gasteiger partial charge on any atom is 0.251 e. The lowest BCUT2D eigenvalue weighted by Gasteiger charge is -2.28. The van der Waals surface area contributed by atoms with Gasteiger partial charge in [0.15, 0.2) is 17.4 Å². The number of phenolic OH excluding ortho intramolecular Hbond substituents is 1. The van der Waals surface area contributed by atoms with Crippen LogP contribution in [0.4, 0.5) is 8.78 Å². The monoisotopic (exact) mass is 521 g/mol. The van der Waals surface area contributed by atoms with E-state index in [0.29, 0.717) is 19.2 Å². The van der Waals surface area contributed by atoms with Crippen LogP contribution in [0.1, 0.15) is 54.5 Å². The van der Waals surface area contributed by atoms with E-state index < -0.39 is 23.3 Å². The number of hydrogen-bond donors (Lipinski definition) is 2. The van der Waals surface area contributed by atoms with Crippen LogP contribution in [0.3, 0.4) is 0 Å². The van der Waals surface area contributed by atoms with Crippen LogP contribution >= 0.6 is 0 Å². The molecule has 0 spiro atoms. The number of nitrogens with zero attached hydrogens (tertiary/aromatic N) is 4. The molecule has 1 amide bonds. The highest BCUT2D eigenvalue weighted by molar-refractivity contribution is 5.94. The summed E-state index contributed by atoms with van der Waals surface area (Å²) in [5.74, 6) is -3.65. The van der Waals surface area contributed by atoms with E-state index in [1.54, 1.807) is 0 Å². The molecule has 0 bridgehead atoms. The second kappa shape index (κ2) is 10.2. The number of amides is 1. The summed E-state index contributed by atoms with van der Waals surface area (Å²) >= 11 is 0. The lowest BCUT2D eigenvalue weighted by Crippen LogP contribution is -2.31. The Kier molecular flexibility index (Phi) is 6.57. The molecular weight excluding hydrogens is 492 g/mol. The van der Waals surface area contributed by atoms with Crippen LogP contribution in [0.2, 0.25) is 0 Å². The van der Waals surface area contributed by atoms with E-state index in [0.717, 1.165) is 72.9 Å². The maximum atomic E-state index is 13.6. The molecule has 1 atom stereocenters. The minimum atomic E-state index is -1.15. The first-order valence-electron chi connectivity index (χ1n) is 13.0. The van der Waals surface area contributed by atoms with E-state index in [1.165, 1.54) is 0 Å². The number of ether oxygens (including phenoxy) is 1. The first-order chi connectivity index (χ1) is 18.4. The minimum absolute atomic E-state index is 0.144. The van der Waals surface area contributed by atoms with Crippen molar-refractivity contribution >= 4 is 16.8 Å². The van der Waals surface area contributed by atoms with Crippen LogP contribution in [-0.2, 0) is 4.74 Å². The zero-order valence-electron chi connectivity index (χ0n) is 20.8. The van der Waals surface area contributed by atoms with Crippen LogP contribution in [0.25, 0.3) is 22.0 Å². The normalized spacial score (nSPS) is 21.7. The standard InChI is InChI=1S/C28H29F2N5O3/c29-24-9-20(10-25(30)27(24)36)28(37)31-12-17-1-5-22(6-2-17)35-14-19-4-3-18(11-26(19)33-35)21-13-32-34(15-21)23-7-8-38-16-23/h3-4,9-11,13-15,17,22-23,36H,1-2,5-8,12,16H2,(H,31,37). The Balaban J connectivity index is 1.06. The number of nitrogens with one attached hydrogen (secondary N) is 1. The number of fused-ring (bicyclic) bond motifs is 1. The van der Waals surface area contributed by atoms with Gasteiger partial charge < -0.3 is 15.2 Å². The van der Waals surface area contributed by atoms with Crippen molar-refractivity contribution in [1.29, 1.82) is 0 Å². The van der Waals surface area contributed by atoms with Crippen molar-refractivity contribution in [2.24, 2.45) is 5.92 Å².